The Balaban J connectivity index is 3.98. The Morgan fingerprint density at radius 1 is 1.11 bits per heavy atom. The summed E-state index contributed by atoms with van der Waals surface area (Å²) >= 11 is 0. The number of hydrogen-bond acceptors (Lipinski definition) is 3. The molecule has 104 valence electrons. The van der Waals surface area contributed by atoms with Crippen LogP contribution in [-0.4, -0.2) is 35.0 Å². The molecule has 0 rings (SSSR count). The molecule has 0 aromatic heterocycles. The third kappa shape index (κ3) is 8.55. The molecule has 0 saturated carbocycles. The summed E-state index contributed by atoms with van der Waals surface area (Å²) in [6, 6.07) is 0. The molecular formula is C12H22N2O4. The molecule has 0 bridgehead atoms. The minimum Gasteiger partial charge on any atom is -0.481 e. The van der Waals surface area contributed by atoms with E-state index in [4.69, 9.17) is 5.11 Å². The minimum absolute atomic E-state index is 0.00449. The van der Waals surface area contributed by atoms with Gasteiger partial charge >= 0.3 is 5.97 Å². The molecule has 0 heterocycles. The van der Waals surface area contributed by atoms with E-state index in [1.165, 1.54) is 0 Å². The number of carboxylic acids is 1. The summed E-state index contributed by atoms with van der Waals surface area (Å²) in [5.41, 5.74) is -0.592. The number of carbonyl (C=O) groups is 3. The van der Waals surface area contributed by atoms with Gasteiger partial charge in [-0.3, -0.25) is 14.4 Å². The first-order chi connectivity index (χ1) is 8.26. The van der Waals surface area contributed by atoms with Crippen LogP contribution in [0, 0.1) is 0 Å². The van der Waals surface area contributed by atoms with Gasteiger partial charge < -0.3 is 15.7 Å². The van der Waals surface area contributed by atoms with Crippen LogP contribution < -0.4 is 10.6 Å². The van der Waals surface area contributed by atoms with E-state index in [1.807, 2.05) is 6.92 Å². The third-order valence-corrected chi connectivity index (χ3v) is 2.36. The zero-order chi connectivity index (χ0) is 14.2. The standard InChI is InChI=1S/C12H22N2O4/c1-4-5-9(15)13-8-10(16)14-12(2,3)7-6-11(17)18/h4-8H2,1-3H3,(H,13,15)(H,14,16)(H,17,18). The Hall–Kier alpha value is -1.59. The van der Waals surface area contributed by atoms with Gasteiger partial charge in [-0.05, 0) is 26.7 Å². The van der Waals surface area contributed by atoms with Gasteiger partial charge in [0.25, 0.3) is 0 Å². The van der Waals surface area contributed by atoms with Gasteiger partial charge in [0.05, 0.1) is 6.54 Å². The zero-order valence-electron chi connectivity index (χ0n) is 11.2. The molecule has 0 spiro atoms. The highest BCUT2D eigenvalue weighted by molar-refractivity contribution is 5.85. The molecule has 0 aromatic carbocycles. The van der Waals surface area contributed by atoms with E-state index >= 15 is 0 Å². The second-order valence-electron chi connectivity index (χ2n) is 4.85. The van der Waals surface area contributed by atoms with Gasteiger partial charge in [0.15, 0.2) is 0 Å². The summed E-state index contributed by atoms with van der Waals surface area (Å²) in [5, 5.41) is 13.8. The van der Waals surface area contributed by atoms with Gasteiger partial charge in [-0.25, -0.2) is 0 Å². The first kappa shape index (κ1) is 16.4. The Bertz CT molecular complexity index is 313. The average Bonchev–Trinajstić information content (AvgIpc) is 2.24. The van der Waals surface area contributed by atoms with Crippen molar-refractivity contribution in [3.05, 3.63) is 0 Å². The van der Waals surface area contributed by atoms with Gasteiger partial charge in [-0.2, -0.15) is 0 Å². The molecule has 18 heavy (non-hydrogen) atoms. The molecule has 2 amide bonds. The lowest BCUT2D eigenvalue weighted by molar-refractivity contribution is -0.137. The summed E-state index contributed by atoms with van der Waals surface area (Å²) in [4.78, 5) is 33.1. The van der Waals surface area contributed by atoms with Crippen molar-refractivity contribution >= 4 is 17.8 Å². The van der Waals surface area contributed by atoms with E-state index in [2.05, 4.69) is 10.6 Å². The van der Waals surface area contributed by atoms with E-state index in [0.29, 0.717) is 12.8 Å². The highest BCUT2D eigenvalue weighted by atomic mass is 16.4. The molecule has 0 aliphatic heterocycles. The lowest BCUT2D eigenvalue weighted by Crippen LogP contribution is -2.47. The van der Waals surface area contributed by atoms with Crippen LogP contribution in [0.1, 0.15) is 46.5 Å². The summed E-state index contributed by atoms with van der Waals surface area (Å²) in [6.45, 7) is 5.31. The van der Waals surface area contributed by atoms with Gasteiger partial charge in [0.2, 0.25) is 11.8 Å². The molecule has 6 heteroatoms. The summed E-state index contributed by atoms with van der Waals surface area (Å²) < 4.78 is 0. The molecule has 3 N–H and O–H groups in total. The smallest absolute Gasteiger partial charge is 0.303 e. The van der Waals surface area contributed by atoms with Gasteiger partial charge in [0.1, 0.15) is 0 Å². The van der Waals surface area contributed by atoms with Crippen molar-refractivity contribution in [1.82, 2.24) is 10.6 Å². The Labute approximate surface area is 107 Å². The Morgan fingerprint density at radius 3 is 2.22 bits per heavy atom. The summed E-state index contributed by atoms with van der Waals surface area (Å²) in [6.07, 6.45) is 1.47. The van der Waals surface area contributed by atoms with Crippen LogP contribution in [0.5, 0.6) is 0 Å². The Morgan fingerprint density at radius 2 is 1.72 bits per heavy atom. The number of rotatable bonds is 8. The fourth-order valence-corrected chi connectivity index (χ4v) is 1.40. The van der Waals surface area contributed by atoms with E-state index in [1.54, 1.807) is 13.8 Å². The van der Waals surface area contributed by atoms with Crippen molar-refractivity contribution in [2.24, 2.45) is 0 Å². The third-order valence-electron chi connectivity index (χ3n) is 2.36. The van der Waals surface area contributed by atoms with Crippen molar-refractivity contribution in [3.63, 3.8) is 0 Å². The quantitative estimate of drug-likeness (QED) is 0.596. The largest absolute Gasteiger partial charge is 0.481 e. The SMILES string of the molecule is CCCC(=O)NCC(=O)NC(C)(C)CCC(=O)O. The fraction of sp³-hybridized carbons (Fsp3) is 0.750. The fourth-order valence-electron chi connectivity index (χ4n) is 1.40. The van der Waals surface area contributed by atoms with Crippen LogP contribution in [0.3, 0.4) is 0 Å². The summed E-state index contributed by atoms with van der Waals surface area (Å²) in [5.74, 6) is -1.36. The highest BCUT2D eigenvalue weighted by Crippen LogP contribution is 2.10. The maximum atomic E-state index is 11.5. The van der Waals surface area contributed by atoms with Crippen LogP contribution >= 0.6 is 0 Å². The van der Waals surface area contributed by atoms with Crippen molar-refractivity contribution in [1.29, 1.82) is 0 Å². The van der Waals surface area contributed by atoms with Crippen molar-refractivity contribution < 1.29 is 19.5 Å². The van der Waals surface area contributed by atoms with Crippen LogP contribution in [0.25, 0.3) is 0 Å². The molecule has 0 aromatic rings. The number of carboxylic acid groups (broad SMARTS) is 1. The monoisotopic (exact) mass is 258 g/mol. The van der Waals surface area contributed by atoms with E-state index in [-0.39, 0.29) is 24.8 Å². The van der Waals surface area contributed by atoms with Crippen LogP contribution in [0.4, 0.5) is 0 Å². The normalized spacial score (nSPS) is 10.8. The molecule has 0 aliphatic rings. The minimum atomic E-state index is -0.895. The van der Waals surface area contributed by atoms with Crippen LogP contribution in [0.15, 0.2) is 0 Å². The van der Waals surface area contributed by atoms with Crippen molar-refractivity contribution in [2.45, 2.75) is 52.0 Å². The molecule has 0 atom stereocenters. The zero-order valence-corrected chi connectivity index (χ0v) is 11.2. The second-order valence-corrected chi connectivity index (χ2v) is 4.85. The maximum absolute atomic E-state index is 11.5. The first-order valence-electron chi connectivity index (χ1n) is 6.06. The number of hydrogen-bond donors (Lipinski definition) is 3. The molecule has 0 saturated heterocycles. The molecule has 6 nitrogen and oxygen atoms in total. The number of aliphatic carboxylic acids is 1. The second kappa shape index (κ2) is 7.68. The van der Waals surface area contributed by atoms with Crippen LogP contribution in [0.2, 0.25) is 0 Å². The van der Waals surface area contributed by atoms with Crippen molar-refractivity contribution in [2.75, 3.05) is 6.54 Å². The van der Waals surface area contributed by atoms with Crippen molar-refractivity contribution in [3.8, 4) is 0 Å². The summed E-state index contributed by atoms with van der Waals surface area (Å²) in [7, 11) is 0. The van der Waals surface area contributed by atoms with Gasteiger partial charge in [-0.1, -0.05) is 6.92 Å². The van der Waals surface area contributed by atoms with E-state index < -0.39 is 11.5 Å². The lowest BCUT2D eigenvalue weighted by Gasteiger charge is -2.25. The topological polar surface area (TPSA) is 95.5 Å². The number of nitrogens with one attached hydrogen (secondary N) is 2. The highest BCUT2D eigenvalue weighted by Gasteiger charge is 2.21. The predicted octanol–water partition coefficient (Wildman–Crippen LogP) is 0.662. The number of carbonyl (C=O) groups excluding carboxylic acids is 2. The predicted molar refractivity (Wildman–Crippen MR) is 67.0 cm³/mol. The lowest BCUT2D eigenvalue weighted by atomic mass is 9.98. The average molecular weight is 258 g/mol. The molecule has 0 radical (unpaired) electrons. The Kier molecular flexibility index (Phi) is 7.00. The van der Waals surface area contributed by atoms with Gasteiger partial charge in [0, 0.05) is 18.4 Å². The van der Waals surface area contributed by atoms with Gasteiger partial charge in [-0.15, -0.1) is 0 Å². The first-order valence-corrected chi connectivity index (χ1v) is 6.06. The molecule has 0 unspecified atom stereocenters. The maximum Gasteiger partial charge on any atom is 0.303 e. The van der Waals surface area contributed by atoms with E-state index in [9.17, 15) is 14.4 Å². The van der Waals surface area contributed by atoms with E-state index in [0.717, 1.165) is 6.42 Å². The number of amides is 2. The van der Waals surface area contributed by atoms with Crippen LogP contribution in [-0.2, 0) is 14.4 Å². The molecular weight excluding hydrogens is 236 g/mol. The molecule has 0 fully saturated rings. The molecule has 0 aliphatic carbocycles.